The van der Waals surface area contributed by atoms with Gasteiger partial charge in [-0.1, -0.05) is 0 Å². The molecule has 0 aliphatic carbocycles. The molecule has 3 rings (SSSR count). The molecule has 4 nitrogen and oxygen atoms in total. The average Bonchev–Trinajstić information content (AvgIpc) is 2.94. The highest BCUT2D eigenvalue weighted by Crippen LogP contribution is 2.30. The highest BCUT2D eigenvalue weighted by atomic mass is 16.5. The summed E-state index contributed by atoms with van der Waals surface area (Å²) in [4.78, 5) is 9.08. The molecule has 1 aliphatic rings. The molecule has 1 N–H and O–H groups in total. The van der Waals surface area contributed by atoms with E-state index in [2.05, 4.69) is 36.3 Å². The summed E-state index contributed by atoms with van der Waals surface area (Å²) in [6, 6.07) is 8.21. The molecular weight excluding hydrogens is 250 g/mol. The highest BCUT2D eigenvalue weighted by molar-refractivity contribution is 5.62. The maximum absolute atomic E-state index is 5.54. The number of hydrogen-bond acceptors (Lipinski definition) is 4. The van der Waals surface area contributed by atoms with E-state index in [9.17, 15) is 0 Å². The molecule has 0 unspecified atom stereocenters. The van der Waals surface area contributed by atoms with Gasteiger partial charge in [0.2, 0.25) is 0 Å². The van der Waals surface area contributed by atoms with E-state index in [0.29, 0.717) is 0 Å². The van der Waals surface area contributed by atoms with Crippen LogP contribution in [0, 0.1) is 0 Å². The molecule has 0 saturated carbocycles. The number of fused-ring (bicyclic) bond motifs is 1. The molecule has 0 spiro atoms. The second-order valence-electron chi connectivity index (χ2n) is 5.56. The van der Waals surface area contributed by atoms with E-state index in [0.717, 1.165) is 35.9 Å². The number of benzene rings is 1. The molecule has 0 atom stereocenters. The average molecular weight is 269 g/mol. The van der Waals surface area contributed by atoms with E-state index >= 15 is 0 Å². The van der Waals surface area contributed by atoms with Crippen molar-refractivity contribution in [3.8, 4) is 17.0 Å². The van der Waals surface area contributed by atoms with Crippen molar-refractivity contribution >= 4 is 0 Å². The van der Waals surface area contributed by atoms with Crippen molar-refractivity contribution < 1.29 is 4.74 Å². The first kappa shape index (κ1) is 13.1. The lowest BCUT2D eigenvalue weighted by Crippen LogP contribution is -2.35. The van der Waals surface area contributed by atoms with Crippen molar-refractivity contribution in [2.24, 2.45) is 0 Å². The van der Waals surface area contributed by atoms with Gasteiger partial charge in [0.1, 0.15) is 11.6 Å². The fourth-order valence-electron chi connectivity index (χ4n) is 2.28. The smallest absolute Gasteiger partial charge is 0.148 e. The van der Waals surface area contributed by atoms with Crippen molar-refractivity contribution in [2.45, 2.75) is 25.8 Å². The number of aromatic nitrogens is 2. The first-order valence-electron chi connectivity index (χ1n) is 6.89. The molecule has 0 fully saturated rings. The van der Waals surface area contributed by atoms with Gasteiger partial charge in [0, 0.05) is 18.2 Å². The van der Waals surface area contributed by atoms with Gasteiger partial charge in [-0.05, 0) is 50.7 Å². The van der Waals surface area contributed by atoms with Gasteiger partial charge in [0.25, 0.3) is 0 Å². The molecule has 0 saturated heterocycles. The first-order chi connectivity index (χ1) is 9.60. The summed E-state index contributed by atoms with van der Waals surface area (Å²) in [5.74, 6) is 1.80. The van der Waals surface area contributed by atoms with Crippen LogP contribution in [0.3, 0.4) is 0 Å². The van der Waals surface area contributed by atoms with E-state index in [-0.39, 0.29) is 5.54 Å². The summed E-state index contributed by atoms with van der Waals surface area (Å²) >= 11 is 0. The molecule has 2 heterocycles. The van der Waals surface area contributed by atoms with E-state index in [4.69, 9.17) is 9.72 Å². The van der Waals surface area contributed by atoms with Crippen LogP contribution in [0.15, 0.2) is 30.5 Å². The van der Waals surface area contributed by atoms with Gasteiger partial charge in [-0.15, -0.1) is 0 Å². The Morgan fingerprint density at radius 2 is 2.10 bits per heavy atom. The lowest BCUT2D eigenvalue weighted by atomic mass is 10.0. The first-order valence-corrected chi connectivity index (χ1v) is 6.89. The molecule has 4 heteroatoms. The van der Waals surface area contributed by atoms with Crippen LogP contribution in [-0.2, 0) is 12.0 Å². The molecule has 1 aromatic carbocycles. The molecule has 0 amide bonds. The van der Waals surface area contributed by atoms with Gasteiger partial charge in [-0.25, -0.2) is 9.97 Å². The van der Waals surface area contributed by atoms with Crippen LogP contribution in [0.5, 0.6) is 5.75 Å². The topological polar surface area (TPSA) is 47.0 Å². The molecule has 2 aromatic rings. The summed E-state index contributed by atoms with van der Waals surface area (Å²) < 4.78 is 5.54. The van der Waals surface area contributed by atoms with Crippen LogP contribution in [0.1, 0.15) is 25.2 Å². The third kappa shape index (κ3) is 2.27. The summed E-state index contributed by atoms with van der Waals surface area (Å²) in [6.45, 7) is 4.92. The standard InChI is InChI=1S/C16H19N3O/c1-16(2,17-3)15-18-8-6-13(19-15)11-4-5-14-12(10-11)7-9-20-14/h4-6,8,10,17H,7,9H2,1-3H3. The monoisotopic (exact) mass is 269 g/mol. The van der Waals surface area contributed by atoms with Crippen molar-refractivity contribution in [1.82, 2.24) is 15.3 Å². The van der Waals surface area contributed by atoms with Gasteiger partial charge in [-0.2, -0.15) is 0 Å². The third-order valence-corrected chi connectivity index (χ3v) is 3.82. The van der Waals surface area contributed by atoms with Crippen LogP contribution in [0.4, 0.5) is 0 Å². The molecule has 1 aliphatic heterocycles. The number of ether oxygens (including phenoxy) is 1. The maximum Gasteiger partial charge on any atom is 0.148 e. The van der Waals surface area contributed by atoms with Crippen LogP contribution >= 0.6 is 0 Å². The number of nitrogens with zero attached hydrogens (tertiary/aromatic N) is 2. The number of hydrogen-bond donors (Lipinski definition) is 1. The largest absolute Gasteiger partial charge is 0.493 e. The zero-order valence-electron chi connectivity index (χ0n) is 12.1. The fourth-order valence-corrected chi connectivity index (χ4v) is 2.28. The zero-order chi connectivity index (χ0) is 14.2. The Kier molecular flexibility index (Phi) is 3.18. The van der Waals surface area contributed by atoms with E-state index < -0.39 is 0 Å². The maximum atomic E-state index is 5.54. The third-order valence-electron chi connectivity index (χ3n) is 3.82. The minimum atomic E-state index is -0.240. The van der Waals surface area contributed by atoms with Crippen molar-refractivity contribution in [3.63, 3.8) is 0 Å². The Labute approximate surface area is 119 Å². The van der Waals surface area contributed by atoms with Gasteiger partial charge in [0.05, 0.1) is 17.8 Å². The Balaban J connectivity index is 2.00. The van der Waals surface area contributed by atoms with Crippen LogP contribution in [-0.4, -0.2) is 23.6 Å². The summed E-state index contributed by atoms with van der Waals surface area (Å²) in [7, 11) is 1.92. The Hall–Kier alpha value is -1.94. The Bertz CT molecular complexity index is 637. The van der Waals surface area contributed by atoms with Crippen LogP contribution in [0.2, 0.25) is 0 Å². The minimum Gasteiger partial charge on any atom is -0.493 e. The lowest BCUT2D eigenvalue weighted by molar-refractivity contribution is 0.357. The Morgan fingerprint density at radius 1 is 1.25 bits per heavy atom. The highest BCUT2D eigenvalue weighted by Gasteiger charge is 2.22. The van der Waals surface area contributed by atoms with Gasteiger partial charge < -0.3 is 10.1 Å². The normalized spacial score (nSPS) is 13.9. The predicted octanol–water partition coefficient (Wildman–Crippen LogP) is 2.53. The van der Waals surface area contributed by atoms with E-state index in [1.807, 2.05) is 25.4 Å². The zero-order valence-corrected chi connectivity index (χ0v) is 12.1. The molecule has 104 valence electrons. The van der Waals surface area contributed by atoms with Crippen LogP contribution in [0.25, 0.3) is 11.3 Å². The number of nitrogens with one attached hydrogen (secondary N) is 1. The van der Waals surface area contributed by atoms with Crippen molar-refractivity contribution in [3.05, 3.63) is 41.9 Å². The van der Waals surface area contributed by atoms with Crippen LogP contribution < -0.4 is 10.1 Å². The molecule has 20 heavy (non-hydrogen) atoms. The summed E-state index contributed by atoms with van der Waals surface area (Å²) in [5, 5.41) is 3.23. The lowest BCUT2D eigenvalue weighted by Gasteiger charge is -2.22. The summed E-state index contributed by atoms with van der Waals surface area (Å²) in [5.41, 5.74) is 3.09. The SMILES string of the molecule is CNC(C)(C)c1nccc(-c2ccc3c(c2)CCO3)n1. The molecule has 1 aromatic heterocycles. The van der Waals surface area contributed by atoms with Gasteiger partial charge in [0.15, 0.2) is 0 Å². The number of rotatable bonds is 3. The summed E-state index contributed by atoms with van der Waals surface area (Å²) in [6.07, 6.45) is 2.80. The van der Waals surface area contributed by atoms with E-state index in [1.54, 1.807) is 0 Å². The Morgan fingerprint density at radius 3 is 2.90 bits per heavy atom. The molecular formula is C16H19N3O. The predicted molar refractivity (Wildman–Crippen MR) is 78.8 cm³/mol. The van der Waals surface area contributed by atoms with Gasteiger partial charge in [-0.3, -0.25) is 0 Å². The van der Waals surface area contributed by atoms with Gasteiger partial charge >= 0.3 is 0 Å². The second-order valence-corrected chi connectivity index (χ2v) is 5.56. The van der Waals surface area contributed by atoms with Crippen molar-refractivity contribution in [1.29, 1.82) is 0 Å². The molecule has 0 bridgehead atoms. The van der Waals surface area contributed by atoms with E-state index in [1.165, 1.54) is 5.56 Å². The second kappa shape index (κ2) is 4.87. The van der Waals surface area contributed by atoms with Crippen molar-refractivity contribution in [2.75, 3.05) is 13.7 Å². The fraction of sp³-hybridized carbons (Fsp3) is 0.375. The molecule has 0 radical (unpaired) electrons. The minimum absolute atomic E-state index is 0.240. The quantitative estimate of drug-likeness (QED) is 0.930.